The van der Waals surface area contributed by atoms with Crippen LogP contribution in [0.4, 0.5) is 0 Å². The van der Waals surface area contributed by atoms with E-state index >= 15 is 0 Å². The summed E-state index contributed by atoms with van der Waals surface area (Å²) in [4.78, 5) is 4.89. The zero-order chi connectivity index (χ0) is 44.3. The lowest BCUT2D eigenvalue weighted by Crippen LogP contribution is -2.70. The van der Waals surface area contributed by atoms with E-state index in [4.69, 9.17) is 37.9 Å². The van der Waals surface area contributed by atoms with Gasteiger partial charge in [-0.15, -0.1) is 6.58 Å². The van der Waals surface area contributed by atoms with E-state index in [1.807, 2.05) is 39.8 Å². The van der Waals surface area contributed by atoms with Crippen molar-refractivity contribution in [3.05, 3.63) is 84.4 Å². The summed E-state index contributed by atoms with van der Waals surface area (Å²) in [7, 11) is 6.56. The molecule has 5 aliphatic heterocycles. The third-order valence-electron chi connectivity index (χ3n) is 14.9. The Balaban J connectivity index is 0.000000150. The minimum atomic E-state index is -0.968. The number of likely N-dealkylation sites (tertiary alicyclic amines) is 2. The maximum atomic E-state index is 9.56. The first-order valence-corrected chi connectivity index (χ1v) is 22.8. The molecule has 2 aromatic rings. The number of nitrogens with one attached hydrogen (secondary N) is 1. The third-order valence-corrected chi connectivity index (χ3v) is 14.9. The number of piperidine rings is 3. The van der Waals surface area contributed by atoms with Gasteiger partial charge in [0.2, 0.25) is 23.1 Å². The summed E-state index contributed by atoms with van der Waals surface area (Å²) in [6.45, 7) is 18.4. The van der Waals surface area contributed by atoms with Crippen LogP contribution in [-0.4, -0.2) is 147 Å². The average Bonchev–Trinajstić information content (AvgIpc) is 4.22. The van der Waals surface area contributed by atoms with Crippen LogP contribution in [0.25, 0.3) is 0 Å². The molecule has 2 saturated carbocycles. The molecule has 2 aromatic carbocycles. The second-order valence-corrected chi connectivity index (χ2v) is 19.1. The van der Waals surface area contributed by atoms with Crippen LogP contribution in [0.2, 0.25) is 0 Å². The number of hydrogen-bond donors (Lipinski definition) is 3. The molecule has 5 heterocycles. The molecule has 13 heteroatoms. The molecule has 0 aromatic heterocycles. The Morgan fingerprint density at radius 1 is 0.613 bits per heavy atom. The van der Waals surface area contributed by atoms with E-state index in [1.165, 1.54) is 36.8 Å². The lowest BCUT2D eigenvalue weighted by Gasteiger charge is -2.56. The van der Waals surface area contributed by atoms with Crippen molar-refractivity contribution >= 4 is 0 Å². The van der Waals surface area contributed by atoms with E-state index in [0.717, 1.165) is 51.7 Å². The highest BCUT2D eigenvalue weighted by molar-refractivity contribution is 5.16. The Labute approximate surface area is 370 Å². The Morgan fingerprint density at radius 2 is 1.05 bits per heavy atom. The molecular formula is C49H75N3O10. The summed E-state index contributed by atoms with van der Waals surface area (Å²) < 4.78 is 48.5. The minimum Gasteiger partial charge on any atom is -0.390 e. The van der Waals surface area contributed by atoms with Gasteiger partial charge in [-0.25, -0.2) is 0 Å². The second-order valence-electron chi connectivity index (χ2n) is 19.1. The van der Waals surface area contributed by atoms with Crippen molar-refractivity contribution in [1.82, 2.24) is 15.1 Å². The Bertz CT molecular complexity index is 1720. The summed E-state index contributed by atoms with van der Waals surface area (Å²) in [5.41, 5.74) is 2.63. The van der Waals surface area contributed by atoms with Gasteiger partial charge in [-0.1, -0.05) is 66.7 Å². The van der Waals surface area contributed by atoms with E-state index in [2.05, 4.69) is 76.3 Å². The number of aliphatic hydroxyl groups is 2. The number of ether oxygens (including phenoxy) is 8. The first-order chi connectivity index (χ1) is 29.7. The fourth-order valence-electron chi connectivity index (χ4n) is 10.2. The van der Waals surface area contributed by atoms with Gasteiger partial charge in [0.05, 0.1) is 24.4 Å². The van der Waals surface area contributed by atoms with Crippen LogP contribution in [0.3, 0.4) is 0 Å². The maximum absolute atomic E-state index is 9.56. The molecule has 0 bridgehead atoms. The number of benzene rings is 2. The van der Waals surface area contributed by atoms with Gasteiger partial charge in [-0.2, -0.15) is 0 Å². The lowest BCUT2D eigenvalue weighted by atomic mass is 9.86. The highest BCUT2D eigenvalue weighted by Gasteiger charge is 2.61. The molecule has 13 nitrogen and oxygen atoms in total. The van der Waals surface area contributed by atoms with Gasteiger partial charge in [-0.3, -0.25) is 9.80 Å². The summed E-state index contributed by atoms with van der Waals surface area (Å²) in [5.74, 6) is -1.41. The summed E-state index contributed by atoms with van der Waals surface area (Å²) >= 11 is 0. The molecule has 0 spiro atoms. The van der Waals surface area contributed by atoms with E-state index in [-0.39, 0.29) is 30.3 Å². The molecule has 0 amide bonds. The molecule has 0 unspecified atom stereocenters. The number of hydrogen-bond acceptors (Lipinski definition) is 13. The van der Waals surface area contributed by atoms with Crippen molar-refractivity contribution in [1.29, 1.82) is 0 Å². The van der Waals surface area contributed by atoms with E-state index in [9.17, 15) is 10.2 Å². The highest BCUT2D eigenvalue weighted by atomic mass is 16.8. The molecule has 5 saturated heterocycles. The Hall–Kier alpha value is -2.34. The number of methoxy groups -OCH3 is 4. The fraction of sp³-hybridized carbons (Fsp3) is 0.714. The zero-order valence-electron chi connectivity index (χ0n) is 38.4. The molecule has 7 aliphatic rings. The predicted octanol–water partition coefficient (Wildman–Crippen LogP) is 5.19. The summed E-state index contributed by atoms with van der Waals surface area (Å²) in [5, 5.41) is 22.0. The molecule has 0 radical (unpaired) electrons. The van der Waals surface area contributed by atoms with Gasteiger partial charge in [0.15, 0.2) is 0 Å². The fourth-order valence-corrected chi connectivity index (χ4v) is 10.2. The quantitative estimate of drug-likeness (QED) is 0.257. The van der Waals surface area contributed by atoms with Crippen LogP contribution in [0.5, 0.6) is 0 Å². The van der Waals surface area contributed by atoms with E-state index < -0.39 is 35.4 Å². The first-order valence-electron chi connectivity index (χ1n) is 22.8. The Kier molecular flexibility index (Phi) is 15.4. The Morgan fingerprint density at radius 3 is 1.52 bits per heavy atom. The lowest BCUT2D eigenvalue weighted by molar-refractivity contribution is -0.457. The van der Waals surface area contributed by atoms with Crippen LogP contribution in [0.1, 0.15) is 64.5 Å². The topological polar surface area (TPSA) is 133 Å². The highest BCUT2D eigenvalue weighted by Crippen LogP contribution is 2.49. The molecule has 3 N–H and O–H groups in total. The van der Waals surface area contributed by atoms with Crippen LogP contribution < -0.4 is 5.32 Å². The summed E-state index contributed by atoms with van der Waals surface area (Å²) in [6, 6.07) is 21.1. The smallest absolute Gasteiger partial charge is 0.220 e. The van der Waals surface area contributed by atoms with Crippen LogP contribution in [0, 0.1) is 29.6 Å². The number of β-amino-alcohol motifs (C(OH)–C–C–N with tert-alkyl or cyclic N) is 1. The van der Waals surface area contributed by atoms with Gasteiger partial charge in [0.1, 0.15) is 12.2 Å². The molecular weight excluding hydrogens is 791 g/mol. The molecule has 7 fully saturated rings. The molecule has 9 rings (SSSR count). The molecule has 2 aliphatic carbocycles. The molecule has 62 heavy (non-hydrogen) atoms. The van der Waals surface area contributed by atoms with Gasteiger partial charge < -0.3 is 53.4 Å². The monoisotopic (exact) mass is 866 g/mol. The van der Waals surface area contributed by atoms with Gasteiger partial charge in [0.25, 0.3) is 0 Å². The van der Waals surface area contributed by atoms with Gasteiger partial charge in [0, 0.05) is 98.6 Å². The molecule has 13 atom stereocenters. The number of nitrogens with zero attached hydrogens (tertiary/aromatic N) is 2. The van der Waals surface area contributed by atoms with Crippen molar-refractivity contribution in [3.8, 4) is 0 Å². The van der Waals surface area contributed by atoms with Gasteiger partial charge >= 0.3 is 0 Å². The van der Waals surface area contributed by atoms with Crippen molar-refractivity contribution in [2.75, 3.05) is 67.7 Å². The second kappa shape index (κ2) is 20.0. The zero-order valence-corrected chi connectivity index (χ0v) is 38.4. The van der Waals surface area contributed by atoms with Crippen molar-refractivity contribution < 1.29 is 48.1 Å². The van der Waals surface area contributed by atoms with Crippen LogP contribution >= 0.6 is 0 Å². The molecule has 346 valence electrons. The van der Waals surface area contributed by atoms with Gasteiger partial charge in [-0.05, 0) is 76.3 Å². The van der Waals surface area contributed by atoms with Crippen molar-refractivity contribution in [2.24, 2.45) is 29.6 Å². The number of fused-ring (bicyclic) bond motifs is 2. The standard InChI is InChI=1S/C21H31NO4.C20H29NO4.C8H15NO2/c1-20(23-3)21(2,24-4)26-19-17(16-10-11-16)13-22(14-18(19)25-20)12-15-8-6-5-7-9-15;1-6-16-13-21(12-15-10-8-7-9-11-15)14-17-18(16)25-20(3,23-5)19(2,22-4)24-17;10-7-4-9-3-6(8(7)11)5-1-2-5/h5-9,16-19H,10-14H2,1-4H3;6-11,16-18H,1,12-14H2,2-5H3;5-11H,1-4H2/t17-,18-,19-,20+,21+;16-,17+,18+,19-,20-;6-,7-,8-/m101/s1. The van der Waals surface area contributed by atoms with Crippen LogP contribution in [-0.2, 0) is 51.0 Å². The average molecular weight is 866 g/mol. The minimum absolute atomic E-state index is 0.00811. The van der Waals surface area contributed by atoms with Crippen molar-refractivity contribution in [3.63, 3.8) is 0 Å². The normalized spacial score (nSPS) is 41.0. The number of aliphatic hydroxyl groups excluding tert-OH is 2. The third kappa shape index (κ3) is 10.4. The van der Waals surface area contributed by atoms with Crippen molar-refractivity contribution in [2.45, 2.75) is 126 Å². The van der Waals surface area contributed by atoms with E-state index in [0.29, 0.717) is 24.3 Å². The largest absolute Gasteiger partial charge is 0.390 e. The van der Waals surface area contributed by atoms with E-state index in [1.54, 1.807) is 28.4 Å². The summed E-state index contributed by atoms with van der Waals surface area (Å²) in [6.07, 6.45) is 5.83. The number of rotatable bonds is 11. The van der Waals surface area contributed by atoms with Crippen LogP contribution in [0.15, 0.2) is 73.3 Å². The predicted molar refractivity (Wildman–Crippen MR) is 236 cm³/mol. The SMILES string of the molecule is C=C[C@H]1CN(Cc2ccccc2)C[C@H]2O[C@](C)(OC)[C@@](C)(OC)O[C@H]12.CO[C@@]1(C)O[C@@H]2[C@@H](C3CC3)CN(Cc3ccccc3)C[C@H]2O[C@]1(C)OC.O[C@H]1[C@H](O)CNC[C@@H]1C1CC1. The first kappa shape index (κ1) is 47.6. The maximum Gasteiger partial charge on any atom is 0.220 e.